The Labute approximate surface area is 169 Å². The molecule has 2 aliphatic rings. The van der Waals surface area contributed by atoms with Crippen LogP contribution in [0.25, 0.3) is 22.9 Å². The van der Waals surface area contributed by atoms with Gasteiger partial charge in [0.2, 0.25) is 5.91 Å². The third kappa shape index (κ3) is 2.99. The van der Waals surface area contributed by atoms with E-state index in [0.717, 1.165) is 40.6 Å². The Morgan fingerprint density at radius 1 is 1.24 bits per heavy atom. The summed E-state index contributed by atoms with van der Waals surface area (Å²) in [5.74, 6) is -0.375. The number of aromatic nitrogens is 3. The zero-order valence-corrected chi connectivity index (χ0v) is 16.2. The second-order valence-electron chi connectivity index (χ2n) is 6.78. The molecular weight excluding hydrogens is 390 g/mol. The number of nitrogens with one attached hydrogen (secondary N) is 1. The van der Waals surface area contributed by atoms with Gasteiger partial charge in [0.25, 0.3) is 11.1 Å². The largest absolute Gasteiger partial charge is 0.312 e. The molecule has 5 rings (SSSR count). The molecule has 2 aromatic heterocycles. The molecule has 1 saturated heterocycles. The predicted octanol–water partition coefficient (Wildman–Crippen LogP) is 2.65. The summed E-state index contributed by atoms with van der Waals surface area (Å²) in [4.78, 5) is 46.0. The number of amides is 3. The monoisotopic (exact) mass is 405 g/mol. The predicted molar refractivity (Wildman–Crippen MR) is 110 cm³/mol. The fourth-order valence-electron chi connectivity index (χ4n) is 3.60. The summed E-state index contributed by atoms with van der Waals surface area (Å²) in [5.41, 5.74) is 4.88. The van der Waals surface area contributed by atoms with E-state index in [-0.39, 0.29) is 11.1 Å². The first-order valence-electron chi connectivity index (χ1n) is 9.00. The number of carbonyl (C=O) groups excluding carboxylic acids is 3. The van der Waals surface area contributed by atoms with Crippen molar-refractivity contribution in [2.45, 2.75) is 13.3 Å². The molecule has 0 saturated carbocycles. The zero-order valence-electron chi connectivity index (χ0n) is 15.4. The zero-order chi connectivity index (χ0) is 20.1. The van der Waals surface area contributed by atoms with Crippen molar-refractivity contribution in [3.63, 3.8) is 0 Å². The lowest BCUT2D eigenvalue weighted by molar-refractivity contribution is -0.116. The highest BCUT2D eigenvalue weighted by molar-refractivity contribution is 8.18. The molecule has 0 bridgehead atoms. The average molecular weight is 405 g/mol. The third-order valence-electron chi connectivity index (χ3n) is 4.95. The van der Waals surface area contributed by atoms with E-state index in [1.807, 2.05) is 28.8 Å². The van der Waals surface area contributed by atoms with Crippen molar-refractivity contribution in [3.05, 3.63) is 52.8 Å². The Morgan fingerprint density at radius 2 is 2.10 bits per heavy atom. The molecule has 0 radical (unpaired) electrons. The van der Waals surface area contributed by atoms with Gasteiger partial charge in [-0.15, -0.1) is 0 Å². The minimum Gasteiger partial charge on any atom is -0.312 e. The van der Waals surface area contributed by atoms with Crippen LogP contribution in [0.5, 0.6) is 0 Å². The molecule has 3 amide bonds. The van der Waals surface area contributed by atoms with Crippen LogP contribution >= 0.6 is 11.8 Å². The highest BCUT2D eigenvalue weighted by Gasteiger charge is 2.25. The molecule has 9 heteroatoms. The number of hydrogen-bond acceptors (Lipinski definition) is 6. The van der Waals surface area contributed by atoms with Crippen LogP contribution < -0.4 is 10.2 Å². The summed E-state index contributed by atoms with van der Waals surface area (Å²) in [6.45, 7) is 2.26. The summed E-state index contributed by atoms with van der Waals surface area (Å²) < 4.78 is 1.88. The molecule has 144 valence electrons. The fraction of sp³-hybridized carbons (Fsp3) is 0.150. The Morgan fingerprint density at radius 3 is 2.86 bits per heavy atom. The van der Waals surface area contributed by atoms with Crippen LogP contribution in [0.4, 0.5) is 10.5 Å². The number of benzene rings is 1. The van der Waals surface area contributed by atoms with E-state index in [1.165, 1.54) is 0 Å². The molecule has 0 aliphatic carbocycles. The maximum absolute atomic E-state index is 11.8. The molecule has 2 aliphatic heterocycles. The number of imidazole rings is 1. The molecule has 4 heterocycles. The van der Waals surface area contributed by atoms with E-state index in [9.17, 15) is 14.4 Å². The molecule has 3 aromatic rings. The fourth-order valence-corrected chi connectivity index (χ4v) is 4.27. The topological polar surface area (TPSA) is 97.2 Å². The lowest BCUT2D eigenvalue weighted by atomic mass is 10.1. The van der Waals surface area contributed by atoms with Crippen molar-refractivity contribution in [1.29, 1.82) is 0 Å². The van der Waals surface area contributed by atoms with Gasteiger partial charge in [0.15, 0.2) is 5.65 Å². The van der Waals surface area contributed by atoms with E-state index in [2.05, 4.69) is 15.3 Å². The van der Waals surface area contributed by atoms with E-state index in [4.69, 9.17) is 0 Å². The number of imide groups is 1. The van der Waals surface area contributed by atoms with Crippen LogP contribution in [0.15, 0.2) is 41.6 Å². The molecule has 0 spiro atoms. The van der Waals surface area contributed by atoms with Gasteiger partial charge in [-0.25, -0.2) is 9.97 Å². The molecule has 29 heavy (non-hydrogen) atoms. The van der Waals surface area contributed by atoms with Crippen LogP contribution in [-0.2, 0) is 16.0 Å². The SMILES string of the molecule is CC(=O)N1CCc2cc(-n3cnc4ccc(C=C5SC(=O)NC5=O)nc43)ccc21. The normalized spacial score (nSPS) is 17.3. The van der Waals surface area contributed by atoms with Gasteiger partial charge in [0.1, 0.15) is 11.8 Å². The third-order valence-corrected chi connectivity index (χ3v) is 5.77. The first-order valence-corrected chi connectivity index (χ1v) is 9.81. The van der Waals surface area contributed by atoms with Crippen molar-refractivity contribution in [2.75, 3.05) is 11.4 Å². The van der Waals surface area contributed by atoms with Crippen LogP contribution in [0, 0.1) is 0 Å². The standard InChI is InChI=1S/C20H15N5O3S/c1-11(26)24-7-6-12-8-14(3-5-16(12)24)25-10-21-15-4-2-13(22-18(15)25)9-17-19(27)23-20(28)29-17/h2-5,8-10H,6-7H2,1H3,(H,23,27,28). The van der Waals surface area contributed by atoms with Crippen LogP contribution in [0.3, 0.4) is 0 Å². The number of thioether (sulfide) groups is 1. The number of anilines is 1. The smallest absolute Gasteiger partial charge is 0.290 e. The van der Waals surface area contributed by atoms with Crippen molar-refractivity contribution in [3.8, 4) is 5.69 Å². The Kier molecular flexibility index (Phi) is 3.99. The molecule has 1 aromatic carbocycles. The minimum atomic E-state index is -0.413. The van der Waals surface area contributed by atoms with Gasteiger partial charge in [-0.05, 0) is 60.2 Å². The summed E-state index contributed by atoms with van der Waals surface area (Å²) in [7, 11) is 0. The van der Waals surface area contributed by atoms with Crippen LogP contribution in [-0.4, -0.2) is 38.1 Å². The molecule has 1 N–H and O–H groups in total. The number of rotatable bonds is 2. The van der Waals surface area contributed by atoms with Gasteiger partial charge in [0, 0.05) is 24.8 Å². The maximum Gasteiger partial charge on any atom is 0.290 e. The van der Waals surface area contributed by atoms with Gasteiger partial charge in [0.05, 0.1) is 10.6 Å². The quantitative estimate of drug-likeness (QED) is 0.659. The van der Waals surface area contributed by atoms with Crippen LogP contribution in [0.2, 0.25) is 0 Å². The lowest BCUT2D eigenvalue weighted by Crippen LogP contribution is -2.25. The number of fused-ring (bicyclic) bond motifs is 2. The second kappa shape index (κ2) is 6.56. The minimum absolute atomic E-state index is 0.0382. The van der Waals surface area contributed by atoms with Gasteiger partial charge in [-0.1, -0.05) is 0 Å². The van der Waals surface area contributed by atoms with E-state index in [1.54, 1.807) is 30.3 Å². The number of pyridine rings is 1. The van der Waals surface area contributed by atoms with Gasteiger partial charge in [-0.2, -0.15) is 0 Å². The number of nitrogens with zero attached hydrogens (tertiary/aromatic N) is 4. The summed E-state index contributed by atoms with van der Waals surface area (Å²) >= 11 is 0.859. The van der Waals surface area contributed by atoms with Crippen molar-refractivity contribution < 1.29 is 14.4 Å². The highest BCUT2D eigenvalue weighted by atomic mass is 32.2. The van der Waals surface area contributed by atoms with Gasteiger partial charge in [-0.3, -0.25) is 24.3 Å². The average Bonchev–Trinajstić information content (AvgIpc) is 3.38. The van der Waals surface area contributed by atoms with E-state index >= 15 is 0 Å². The van der Waals surface area contributed by atoms with E-state index in [0.29, 0.717) is 22.8 Å². The lowest BCUT2D eigenvalue weighted by Gasteiger charge is -2.15. The molecule has 8 nitrogen and oxygen atoms in total. The molecule has 0 unspecified atom stereocenters. The maximum atomic E-state index is 11.8. The van der Waals surface area contributed by atoms with Crippen molar-refractivity contribution in [1.82, 2.24) is 19.9 Å². The van der Waals surface area contributed by atoms with Gasteiger partial charge < -0.3 is 4.90 Å². The Bertz CT molecular complexity index is 1250. The Hall–Kier alpha value is -3.46. The Balaban J connectivity index is 1.55. The number of carbonyl (C=O) groups is 3. The molecular formula is C20H15N5O3S. The number of hydrogen-bond donors (Lipinski definition) is 1. The van der Waals surface area contributed by atoms with Crippen LogP contribution in [0.1, 0.15) is 18.2 Å². The summed E-state index contributed by atoms with van der Waals surface area (Å²) in [5, 5.41) is 1.85. The molecule has 1 fully saturated rings. The van der Waals surface area contributed by atoms with Crippen molar-refractivity contribution in [2.24, 2.45) is 0 Å². The molecule has 0 atom stereocenters. The van der Waals surface area contributed by atoms with E-state index < -0.39 is 5.91 Å². The summed E-state index contributed by atoms with van der Waals surface area (Å²) in [6.07, 6.45) is 4.10. The summed E-state index contributed by atoms with van der Waals surface area (Å²) in [6, 6.07) is 9.52. The first-order chi connectivity index (χ1) is 14.0. The van der Waals surface area contributed by atoms with Gasteiger partial charge >= 0.3 is 0 Å². The van der Waals surface area contributed by atoms with Crippen molar-refractivity contribution >= 4 is 51.7 Å². The second-order valence-corrected chi connectivity index (χ2v) is 7.79. The highest BCUT2D eigenvalue weighted by Crippen LogP contribution is 2.31. The first kappa shape index (κ1) is 17.6.